The molecular weight excluding hydrogens is 316 g/mol. The van der Waals surface area contributed by atoms with Crippen molar-refractivity contribution >= 4 is 16.7 Å². The van der Waals surface area contributed by atoms with Crippen molar-refractivity contribution in [3.8, 4) is 11.4 Å². The molecule has 1 unspecified atom stereocenters. The average Bonchev–Trinajstić information content (AvgIpc) is 2.93. The van der Waals surface area contributed by atoms with Crippen molar-refractivity contribution < 1.29 is 9.84 Å². The molecule has 3 aromatic rings. The molecule has 2 aromatic heterocycles. The summed E-state index contributed by atoms with van der Waals surface area (Å²) in [7, 11) is 0. The van der Waals surface area contributed by atoms with Crippen LogP contribution in [0.3, 0.4) is 0 Å². The van der Waals surface area contributed by atoms with E-state index in [1.165, 1.54) is 0 Å². The zero-order valence-corrected chi connectivity index (χ0v) is 13.9. The molecule has 3 heterocycles. The van der Waals surface area contributed by atoms with Crippen molar-refractivity contribution in [2.75, 3.05) is 31.2 Å². The summed E-state index contributed by atoms with van der Waals surface area (Å²) >= 11 is 0. The highest BCUT2D eigenvalue weighted by Gasteiger charge is 2.20. The van der Waals surface area contributed by atoms with E-state index in [2.05, 4.69) is 16.0 Å². The van der Waals surface area contributed by atoms with Crippen LogP contribution >= 0.6 is 0 Å². The second-order valence-electron chi connectivity index (χ2n) is 6.07. The van der Waals surface area contributed by atoms with Gasteiger partial charge in [0.15, 0.2) is 5.82 Å². The van der Waals surface area contributed by atoms with Crippen molar-refractivity contribution in [2.24, 2.45) is 0 Å². The average molecular weight is 336 g/mol. The van der Waals surface area contributed by atoms with Gasteiger partial charge >= 0.3 is 0 Å². The number of anilines is 1. The minimum Gasteiger partial charge on any atom is -0.394 e. The van der Waals surface area contributed by atoms with Crippen molar-refractivity contribution in [1.29, 1.82) is 0 Å². The highest BCUT2D eigenvalue weighted by atomic mass is 16.5. The highest BCUT2D eigenvalue weighted by molar-refractivity contribution is 5.91. The lowest BCUT2D eigenvalue weighted by molar-refractivity contribution is 0.0222. The lowest BCUT2D eigenvalue weighted by Crippen LogP contribution is -2.27. The van der Waals surface area contributed by atoms with Crippen molar-refractivity contribution in [3.05, 3.63) is 48.8 Å². The summed E-state index contributed by atoms with van der Waals surface area (Å²) < 4.78 is 5.69. The van der Waals surface area contributed by atoms with Crippen molar-refractivity contribution in [1.82, 2.24) is 15.0 Å². The number of para-hydroxylation sites is 1. The van der Waals surface area contributed by atoms with Gasteiger partial charge in [-0.15, -0.1) is 0 Å². The molecule has 128 valence electrons. The van der Waals surface area contributed by atoms with Gasteiger partial charge in [0.05, 0.1) is 24.8 Å². The molecule has 0 spiro atoms. The molecule has 1 aliphatic rings. The van der Waals surface area contributed by atoms with Gasteiger partial charge in [-0.05, 0) is 30.7 Å². The normalized spacial score (nSPS) is 18.3. The molecule has 1 atom stereocenters. The van der Waals surface area contributed by atoms with Crippen LogP contribution in [0.2, 0.25) is 0 Å². The molecule has 4 rings (SSSR count). The van der Waals surface area contributed by atoms with E-state index in [0.717, 1.165) is 41.8 Å². The SMILES string of the molecule is OCC1CCN(c2nc(-c3ccncc3)nc3ccccc23)CCO1. The maximum Gasteiger partial charge on any atom is 0.162 e. The van der Waals surface area contributed by atoms with Gasteiger partial charge in [-0.1, -0.05) is 12.1 Å². The fraction of sp³-hybridized carbons (Fsp3) is 0.316. The first kappa shape index (κ1) is 15.9. The largest absolute Gasteiger partial charge is 0.394 e. The molecule has 0 amide bonds. The molecule has 1 aromatic carbocycles. The minimum atomic E-state index is -0.0993. The van der Waals surface area contributed by atoms with Gasteiger partial charge in [-0.2, -0.15) is 0 Å². The Labute approximate surface area is 146 Å². The zero-order valence-electron chi connectivity index (χ0n) is 13.9. The van der Waals surface area contributed by atoms with Gasteiger partial charge in [0.2, 0.25) is 0 Å². The summed E-state index contributed by atoms with van der Waals surface area (Å²) in [5, 5.41) is 10.4. The Hall–Kier alpha value is -2.57. The molecule has 25 heavy (non-hydrogen) atoms. The number of hydrogen-bond donors (Lipinski definition) is 1. The molecule has 1 saturated heterocycles. The number of rotatable bonds is 3. The Morgan fingerprint density at radius 3 is 2.76 bits per heavy atom. The van der Waals surface area contributed by atoms with Gasteiger partial charge in [-0.3, -0.25) is 4.98 Å². The third kappa shape index (κ3) is 3.31. The Kier molecular flexibility index (Phi) is 4.54. The summed E-state index contributed by atoms with van der Waals surface area (Å²) in [6, 6.07) is 11.9. The first-order valence-electron chi connectivity index (χ1n) is 8.50. The van der Waals surface area contributed by atoms with Crippen LogP contribution in [0.15, 0.2) is 48.8 Å². The quantitative estimate of drug-likeness (QED) is 0.791. The van der Waals surface area contributed by atoms with Gasteiger partial charge in [0.25, 0.3) is 0 Å². The van der Waals surface area contributed by atoms with Crippen LogP contribution in [-0.2, 0) is 4.74 Å². The van der Waals surface area contributed by atoms with E-state index in [1.807, 2.05) is 30.3 Å². The molecular formula is C19H20N4O2. The lowest BCUT2D eigenvalue weighted by atomic mass is 10.2. The monoisotopic (exact) mass is 336 g/mol. The van der Waals surface area contributed by atoms with E-state index >= 15 is 0 Å². The number of nitrogens with zero attached hydrogens (tertiary/aromatic N) is 4. The number of pyridine rings is 1. The summed E-state index contributed by atoms with van der Waals surface area (Å²) in [4.78, 5) is 15.9. The Balaban J connectivity index is 1.79. The standard InChI is InChI=1S/C19H20N4O2/c24-13-15-7-10-23(11-12-25-15)19-16-3-1-2-4-17(16)21-18(22-19)14-5-8-20-9-6-14/h1-6,8-9,15,24H,7,10-13H2. The van der Waals surface area contributed by atoms with Crippen LogP contribution in [0.1, 0.15) is 6.42 Å². The van der Waals surface area contributed by atoms with Crippen LogP contribution < -0.4 is 4.90 Å². The summed E-state index contributed by atoms with van der Waals surface area (Å²) in [6.07, 6.45) is 4.18. The number of aromatic nitrogens is 3. The predicted molar refractivity (Wildman–Crippen MR) is 96.4 cm³/mol. The Morgan fingerprint density at radius 1 is 1.08 bits per heavy atom. The number of aliphatic hydroxyl groups is 1. The summed E-state index contributed by atoms with van der Waals surface area (Å²) in [6.45, 7) is 2.17. The maximum atomic E-state index is 9.36. The predicted octanol–water partition coefficient (Wildman–Crippen LogP) is 2.28. The molecule has 6 heteroatoms. The van der Waals surface area contributed by atoms with E-state index in [-0.39, 0.29) is 12.7 Å². The van der Waals surface area contributed by atoms with E-state index in [1.54, 1.807) is 12.4 Å². The van der Waals surface area contributed by atoms with Crippen LogP contribution in [-0.4, -0.2) is 52.5 Å². The maximum absolute atomic E-state index is 9.36. The van der Waals surface area contributed by atoms with Crippen molar-refractivity contribution in [3.63, 3.8) is 0 Å². The van der Waals surface area contributed by atoms with Crippen LogP contribution in [0.5, 0.6) is 0 Å². The van der Waals surface area contributed by atoms with E-state index in [4.69, 9.17) is 14.7 Å². The number of aliphatic hydroxyl groups excluding tert-OH is 1. The zero-order chi connectivity index (χ0) is 17.1. The molecule has 1 fully saturated rings. The second kappa shape index (κ2) is 7.13. The van der Waals surface area contributed by atoms with Gasteiger partial charge < -0.3 is 14.7 Å². The third-order valence-electron chi connectivity index (χ3n) is 4.46. The minimum absolute atomic E-state index is 0.0562. The number of hydrogen-bond acceptors (Lipinski definition) is 6. The van der Waals surface area contributed by atoms with E-state index < -0.39 is 0 Å². The molecule has 6 nitrogen and oxygen atoms in total. The number of fused-ring (bicyclic) bond motifs is 1. The first-order valence-corrected chi connectivity index (χ1v) is 8.50. The fourth-order valence-corrected chi connectivity index (χ4v) is 3.11. The molecule has 0 radical (unpaired) electrons. The first-order chi connectivity index (χ1) is 12.3. The smallest absolute Gasteiger partial charge is 0.162 e. The van der Waals surface area contributed by atoms with E-state index in [0.29, 0.717) is 12.4 Å². The molecule has 0 bridgehead atoms. The molecule has 0 aliphatic carbocycles. The van der Waals surface area contributed by atoms with Gasteiger partial charge in [0, 0.05) is 36.4 Å². The van der Waals surface area contributed by atoms with Crippen LogP contribution in [0, 0.1) is 0 Å². The molecule has 1 aliphatic heterocycles. The Bertz CT molecular complexity index is 856. The van der Waals surface area contributed by atoms with Crippen molar-refractivity contribution in [2.45, 2.75) is 12.5 Å². The lowest BCUT2D eigenvalue weighted by Gasteiger charge is -2.23. The number of ether oxygens (including phenoxy) is 1. The second-order valence-corrected chi connectivity index (χ2v) is 6.07. The van der Waals surface area contributed by atoms with Crippen LogP contribution in [0.25, 0.3) is 22.3 Å². The number of benzene rings is 1. The molecule has 0 saturated carbocycles. The topological polar surface area (TPSA) is 71.4 Å². The van der Waals surface area contributed by atoms with Crippen LogP contribution in [0.4, 0.5) is 5.82 Å². The summed E-state index contributed by atoms with van der Waals surface area (Å²) in [5.74, 6) is 1.61. The van der Waals surface area contributed by atoms with E-state index in [9.17, 15) is 5.11 Å². The van der Waals surface area contributed by atoms with Gasteiger partial charge in [0.1, 0.15) is 5.82 Å². The highest BCUT2D eigenvalue weighted by Crippen LogP contribution is 2.28. The van der Waals surface area contributed by atoms with Gasteiger partial charge in [-0.25, -0.2) is 9.97 Å². The fourth-order valence-electron chi connectivity index (χ4n) is 3.11. The molecule has 1 N–H and O–H groups in total. The Morgan fingerprint density at radius 2 is 1.92 bits per heavy atom. The summed E-state index contributed by atoms with van der Waals surface area (Å²) in [5.41, 5.74) is 1.87. The third-order valence-corrected chi connectivity index (χ3v) is 4.46.